The van der Waals surface area contributed by atoms with Gasteiger partial charge in [-0.1, -0.05) is 6.07 Å². The first-order valence-electron chi connectivity index (χ1n) is 5.99. The number of hydrogen-bond acceptors (Lipinski definition) is 3. The fraction of sp³-hybridized carbons (Fsp3) is 0.143. The minimum Gasteiger partial charge on any atom is -0.406 e. The Labute approximate surface area is 125 Å². The molecule has 0 unspecified atom stereocenters. The van der Waals surface area contributed by atoms with Crippen molar-refractivity contribution in [3.05, 3.63) is 47.8 Å². The van der Waals surface area contributed by atoms with Crippen LogP contribution in [-0.2, 0) is 6.18 Å². The number of pyridine rings is 1. The van der Waals surface area contributed by atoms with Crippen molar-refractivity contribution in [2.75, 3.05) is 0 Å². The van der Waals surface area contributed by atoms with Crippen molar-refractivity contribution in [3.8, 4) is 16.9 Å². The number of carbonyl (C=O) groups excluding carboxylic acids is 1. The summed E-state index contributed by atoms with van der Waals surface area (Å²) in [5.74, 6) is -0.599. The highest BCUT2D eigenvalue weighted by Gasteiger charge is 2.33. The monoisotopic (exact) mass is 335 g/mol. The fourth-order valence-electron chi connectivity index (χ4n) is 1.81. The summed E-state index contributed by atoms with van der Waals surface area (Å²) >= 11 is 0. The number of carbonyl (C=O) groups is 1. The minimum atomic E-state index is -4.93. The summed E-state index contributed by atoms with van der Waals surface area (Å²) in [6.07, 6.45) is -8.39. The summed E-state index contributed by atoms with van der Waals surface area (Å²) in [4.78, 5) is 14.2. The van der Waals surface area contributed by atoms with Gasteiger partial charge in [0.15, 0.2) is 6.29 Å². The van der Waals surface area contributed by atoms with Crippen molar-refractivity contribution < 1.29 is 35.9 Å². The third-order valence-corrected chi connectivity index (χ3v) is 2.75. The van der Waals surface area contributed by atoms with E-state index in [4.69, 9.17) is 0 Å². The third-order valence-electron chi connectivity index (χ3n) is 2.75. The van der Waals surface area contributed by atoms with Crippen LogP contribution >= 0.6 is 0 Å². The molecule has 3 nitrogen and oxygen atoms in total. The lowest BCUT2D eigenvalue weighted by atomic mass is 10.0. The molecule has 0 radical (unpaired) electrons. The van der Waals surface area contributed by atoms with Crippen molar-refractivity contribution >= 4 is 6.29 Å². The molecule has 2 rings (SSSR count). The van der Waals surface area contributed by atoms with Gasteiger partial charge in [0.25, 0.3) is 0 Å². The van der Waals surface area contributed by atoms with Crippen molar-refractivity contribution in [2.24, 2.45) is 0 Å². The Hall–Kier alpha value is -2.58. The number of aromatic nitrogens is 1. The molecule has 0 aliphatic heterocycles. The number of ether oxygens (including phenoxy) is 1. The Morgan fingerprint density at radius 2 is 1.70 bits per heavy atom. The van der Waals surface area contributed by atoms with Crippen LogP contribution in [0.3, 0.4) is 0 Å². The van der Waals surface area contributed by atoms with Gasteiger partial charge >= 0.3 is 12.5 Å². The van der Waals surface area contributed by atoms with Crippen molar-refractivity contribution in [1.82, 2.24) is 4.98 Å². The van der Waals surface area contributed by atoms with Gasteiger partial charge in [0.2, 0.25) is 0 Å². The lowest BCUT2D eigenvalue weighted by molar-refractivity contribution is -0.274. The maximum absolute atomic E-state index is 12.5. The van der Waals surface area contributed by atoms with E-state index in [0.29, 0.717) is 12.4 Å². The van der Waals surface area contributed by atoms with Gasteiger partial charge in [-0.2, -0.15) is 13.2 Å². The van der Waals surface area contributed by atoms with Crippen LogP contribution in [0, 0.1) is 0 Å². The molecule has 0 bridgehead atoms. The first-order valence-corrected chi connectivity index (χ1v) is 5.99. The summed E-state index contributed by atoms with van der Waals surface area (Å²) in [7, 11) is 0. The van der Waals surface area contributed by atoms with Crippen LogP contribution in [0.2, 0.25) is 0 Å². The van der Waals surface area contributed by atoms with Crippen LogP contribution in [0.4, 0.5) is 26.3 Å². The predicted molar refractivity (Wildman–Crippen MR) is 66.7 cm³/mol. The van der Waals surface area contributed by atoms with Crippen LogP contribution in [-0.4, -0.2) is 17.6 Å². The van der Waals surface area contributed by atoms with E-state index in [-0.39, 0.29) is 16.7 Å². The van der Waals surface area contributed by atoms with Crippen LogP contribution in [0.1, 0.15) is 16.1 Å². The minimum absolute atomic E-state index is 0.0129. The predicted octanol–water partition coefficient (Wildman–Crippen LogP) is 4.48. The standard InChI is InChI=1S/C14H7F6NO2/c15-13(16,17)12-4-2-8(6-21-12)11-5-10(23-14(18,19)20)3-1-9(11)7-22/h1-7H. The summed E-state index contributed by atoms with van der Waals surface area (Å²) in [6, 6.07) is 4.58. The topological polar surface area (TPSA) is 39.2 Å². The molecule has 1 heterocycles. The second-order valence-corrected chi connectivity index (χ2v) is 4.34. The number of halogens is 6. The fourth-order valence-corrected chi connectivity index (χ4v) is 1.81. The lowest BCUT2D eigenvalue weighted by Crippen LogP contribution is -2.17. The lowest BCUT2D eigenvalue weighted by Gasteiger charge is -2.12. The molecule has 1 aromatic carbocycles. The molecule has 2 aromatic rings. The molecule has 0 saturated carbocycles. The Morgan fingerprint density at radius 1 is 1.00 bits per heavy atom. The number of hydrogen-bond donors (Lipinski definition) is 0. The number of aldehydes is 1. The normalized spacial score (nSPS) is 12.1. The molecule has 1 aromatic heterocycles. The summed E-state index contributed by atoms with van der Waals surface area (Å²) in [5, 5.41) is 0. The average Bonchev–Trinajstić information content (AvgIpc) is 2.45. The first-order chi connectivity index (χ1) is 10.6. The quantitative estimate of drug-likeness (QED) is 0.613. The molecule has 0 fully saturated rings. The van der Waals surface area contributed by atoms with Crippen LogP contribution in [0.25, 0.3) is 11.1 Å². The highest BCUT2D eigenvalue weighted by Crippen LogP contribution is 2.32. The SMILES string of the molecule is O=Cc1ccc(OC(F)(F)F)cc1-c1ccc(C(F)(F)F)nc1. The molecule has 0 amide bonds. The highest BCUT2D eigenvalue weighted by atomic mass is 19.4. The van der Waals surface area contributed by atoms with E-state index in [1.807, 2.05) is 0 Å². The van der Waals surface area contributed by atoms with Gasteiger partial charge in [0.05, 0.1) is 0 Å². The smallest absolute Gasteiger partial charge is 0.406 e. The zero-order chi connectivity index (χ0) is 17.3. The summed E-state index contributed by atoms with van der Waals surface area (Å²) in [6.45, 7) is 0. The maximum Gasteiger partial charge on any atom is 0.573 e. The Morgan fingerprint density at radius 3 is 2.17 bits per heavy atom. The molecule has 23 heavy (non-hydrogen) atoms. The molecule has 0 saturated heterocycles. The van der Waals surface area contributed by atoms with Gasteiger partial charge in [-0.3, -0.25) is 9.78 Å². The highest BCUT2D eigenvalue weighted by molar-refractivity contribution is 5.88. The Bertz CT molecular complexity index is 707. The van der Waals surface area contributed by atoms with Gasteiger partial charge in [-0.15, -0.1) is 13.2 Å². The zero-order valence-corrected chi connectivity index (χ0v) is 11.1. The second kappa shape index (κ2) is 5.90. The summed E-state index contributed by atoms with van der Waals surface area (Å²) in [5.41, 5.74) is -1.15. The second-order valence-electron chi connectivity index (χ2n) is 4.34. The van der Waals surface area contributed by atoms with E-state index in [2.05, 4.69) is 9.72 Å². The number of nitrogens with zero attached hydrogens (tertiary/aromatic N) is 1. The van der Waals surface area contributed by atoms with Crippen LogP contribution in [0.15, 0.2) is 36.5 Å². The maximum atomic E-state index is 12.5. The molecule has 0 atom stereocenters. The van der Waals surface area contributed by atoms with Gasteiger partial charge in [-0.25, -0.2) is 0 Å². The van der Waals surface area contributed by atoms with E-state index < -0.39 is 24.0 Å². The molecule has 0 spiro atoms. The van der Waals surface area contributed by atoms with Gasteiger partial charge < -0.3 is 4.74 Å². The molecule has 9 heteroatoms. The Balaban J connectivity index is 2.44. The third kappa shape index (κ3) is 4.21. The number of alkyl halides is 6. The van der Waals surface area contributed by atoms with E-state index >= 15 is 0 Å². The molecule has 0 N–H and O–H groups in total. The van der Waals surface area contributed by atoms with E-state index in [0.717, 1.165) is 30.5 Å². The molecular weight excluding hydrogens is 328 g/mol. The van der Waals surface area contributed by atoms with Crippen molar-refractivity contribution in [2.45, 2.75) is 12.5 Å². The van der Waals surface area contributed by atoms with Gasteiger partial charge in [0.1, 0.15) is 11.4 Å². The number of rotatable bonds is 3. The van der Waals surface area contributed by atoms with Crippen LogP contribution in [0.5, 0.6) is 5.75 Å². The largest absolute Gasteiger partial charge is 0.573 e. The molecule has 0 aliphatic carbocycles. The van der Waals surface area contributed by atoms with Crippen LogP contribution < -0.4 is 4.74 Å². The van der Waals surface area contributed by atoms with Crippen molar-refractivity contribution in [1.29, 1.82) is 0 Å². The zero-order valence-electron chi connectivity index (χ0n) is 11.1. The van der Waals surface area contributed by atoms with Gasteiger partial charge in [0, 0.05) is 17.3 Å². The average molecular weight is 335 g/mol. The van der Waals surface area contributed by atoms with E-state index in [9.17, 15) is 31.1 Å². The molecule has 122 valence electrons. The molecular formula is C14H7F6NO2. The van der Waals surface area contributed by atoms with E-state index in [1.54, 1.807) is 0 Å². The Kier molecular flexibility index (Phi) is 4.31. The molecule has 0 aliphatic rings. The first kappa shape index (κ1) is 16.8. The summed E-state index contributed by atoms with van der Waals surface area (Å²) < 4.78 is 77.7. The van der Waals surface area contributed by atoms with Crippen molar-refractivity contribution in [3.63, 3.8) is 0 Å². The van der Waals surface area contributed by atoms with E-state index in [1.165, 1.54) is 0 Å². The van der Waals surface area contributed by atoms with Gasteiger partial charge in [-0.05, 0) is 29.8 Å². The number of benzene rings is 1.